The highest BCUT2D eigenvalue weighted by Gasteiger charge is 2.31. The van der Waals surface area contributed by atoms with Crippen LogP contribution in [0.2, 0.25) is 0 Å². The van der Waals surface area contributed by atoms with Crippen LogP contribution >= 0.6 is 0 Å². The molecular formula is C17H15F3N4O2. The third-order valence-corrected chi connectivity index (χ3v) is 3.73. The van der Waals surface area contributed by atoms with Crippen LogP contribution in [-0.2, 0) is 6.18 Å². The van der Waals surface area contributed by atoms with Crippen molar-refractivity contribution in [1.29, 1.82) is 0 Å². The molecule has 0 unspecified atom stereocenters. The maximum Gasteiger partial charge on any atom is 0.416 e. The molecule has 3 N–H and O–H groups in total. The first-order valence-electron chi connectivity index (χ1n) is 7.70. The van der Waals surface area contributed by atoms with E-state index in [1.165, 1.54) is 12.4 Å². The lowest BCUT2D eigenvalue weighted by molar-refractivity contribution is -0.137. The van der Waals surface area contributed by atoms with Gasteiger partial charge < -0.3 is 15.5 Å². The first-order valence-corrected chi connectivity index (χ1v) is 7.70. The van der Waals surface area contributed by atoms with Gasteiger partial charge in [0.05, 0.1) is 11.7 Å². The normalized spacial score (nSPS) is 13.0. The largest absolute Gasteiger partial charge is 0.507 e. The number of aliphatic hydroxyl groups is 1. The van der Waals surface area contributed by atoms with E-state index in [1.807, 2.05) is 0 Å². The Hall–Kier alpha value is -2.94. The number of aromatic nitrogens is 3. The average molecular weight is 364 g/mol. The van der Waals surface area contributed by atoms with Crippen molar-refractivity contribution in [2.45, 2.75) is 19.2 Å². The predicted molar refractivity (Wildman–Crippen MR) is 89.6 cm³/mol. The Labute approximate surface area is 146 Å². The highest BCUT2D eigenvalue weighted by molar-refractivity contribution is 6.00. The number of benzene rings is 1. The summed E-state index contributed by atoms with van der Waals surface area (Å²) < 4.78 is 38.3. The van der Waals surface area contributed by atoms with Crippen molar-refractivity contribution in [3.8, 4) is 17.0 Å². The maximum absolute atomic E-state index is 12.8. The molecule has 0 bridgehead atoms. The van der Waals surface area contributed by atoms with Crippen LogP contribution in [0.25, 0.3) is 22.0 Å². The van der Waals surface area contributed by atoms with Crippen molar-refractivity contribution in [1.82, 2.24) is 15.2 Å². The number of pyridine rings is 1. The number of phenolic OH excluding ortho intramolecular Hbond substituents is 1. The molecule has 2 aromatic heterocycles. The summed E-state index contributed by atoms with van der Waals surface area (Å²) in [6.07, 6.45) is -2.13. The van der Waals surface area contributed by atoms with E-state index in [0.717, 1.165) is 12.1 Å². The molecule has 0 saturated heterocycles. The summed E-state index contributed by atoms with van der Waals surface area (Å²) in [7, 11) is 0. The minimum absolute atomic E-state index is 0.128. The summed E-state index contributed by atoms with van der Waals surface area (Å²) >= 11 is 0. The van der Waals surface area contributed by atoms with Crippen LogP contribution in [-0.4, -0.2) is 38.0 Å². The van der Waals surface area contributed by atoms with Gasteiger partial charge in [0.1, 0.15) is 11.4 Å². The zero-order valence-electron chi connectivity index (χ0n) is 13.6. The van der Waals surface area contributed by atoms with E-state index < -0.39 is 23.6 Å². The number of fused-ring (bicyclic) bond motifs is 1. The van der Waals surface area contributed by atoms with Crippen LogP contribution in [0, 0.1) is 0 Å². The quantitative estimate of drug-likeness (QED) is 0.659. The summed E-state index contributed by atoms with van der Waals surface area (Å²) in [5.41, 5.74) is -0.590. The van der Waals surface area contributed by atoms with Gasteiger partial charge in [-0.2, -0.15) is 13.2 Å². The smallest absolute Gasteiger partial charge is 0.416 e. The Morgan fingerprint density at radius 2 is 1.92 bits per heavy atom. The molecule has 0 amide bonds. The fraction of sp³-hybridized carbons (Fsp3) is 0.235. The molecular weight excluding hydrogens is 349 g/mol. The van der Waals surface area contributed by atoms with E-state index >= 15 is 0 Å². The number of nitrogens with one attached hydrogen (secondary N) is 1. The zero-order chi connectivity index (χ0) is 18.9. The highest BCUT2D eigenvalue weighted by atomic mass is 19.4. The predicted octanol–water partition coefficient (Wildman–Crippen LogP) is 3.21. The zero-order valence-corrected chi connectivity index (χ0v) is 13.6. The standard InChI is InChI=1S/C17H15F3N4O2/c1-9(25)7-22-16-13-8-21-5-4-11(13)15(23-24-16)12-3-2-10(6-14(12)26)17(18,19)20/h2-6,8-9,25-26H,7H2,1H3,(H,22,24)/t9-/m1/s1. The molecule has 3 rings (SSSR count). The molecule has 0 fully saturated rings. The van der Waals surface area contributed by atoms with E-state index in [0.29, 0.717) is 22.7 Å². The number of aromatic hydroxyl groups is 1. The highest BCUT2D eigenvalue weighted by Crippen LogP contribution is 2.38. The lowest BCUT2D eigenvalue weighted by atomic mass is 10.0. The first-order chi connectivity index (χ1) is 12.3. The summed E-state index contributed by atoms with van der Waals surface area (Å²) in [6.45, 7) is 1.85. The molecule has 9 heteroatoms. The van der Waals surface area contributed by atoms with Gasteiger partial charge in [0.2, 0.25) is 0 Å². The number of hydrogen-bond donors (Lipinski definition) is 3. The lowest BCUT2D eigenvalue weighted by Crippen LogP contribution is -2.16. The molecule has 1 aromatic carbocycles. The van der Waals surface area contributed by atoms with Gasteiger partial charge >= 0.3 is 6.18 Å². The third kappa shape index (κ3) is 3.52. The number of anilines is 1. The number of aliphatic hydroxyl groups excluding tert-OH is 1. The van der Waals surface area contributed by atoms with Crippen LogP contribution in [0.1, 0.15) is 12.5 Å². The average Bonchev–Trinajstić information content (AvgIpc) is 2.59. The topological polar surface area (TPSA) is 91.2 Å². The Kier molecular flexibility index (Phi) is 4.64. The Balaban J connectivity index is 2.11. The van der Waals surface area contributed by atoms with Crippen LogP contribution in [0.4, 0.5) is 19.0 Å². The van der Waals surface area contributed by atoms with Gasteiger partial charge in [-0.15, -0.1) is 10.2 Å². The van der Waals surface area contributed by atoms with E-state index in [4.69, 9.17) is 0 Å². The first kappa shape index (κ1) is 17.9. The summed E-state index contributed by atoms with van der Waals surface area (Å²) in [4.78, 5) is 4.02. The lowest BCUT2D eigenvalue weighted by Gasteiger charge is -2.13. The van der Waals surface area contributed by atoms with Crippen LogP contribution in [0.5, 0.6) is 5.75 Å². The number of hydrogen-bond acceptors (Lipinski definition) is 6. The van der Waals surface area contributed by atoms with Crippen molar-refractivity contribution in [2.24, 2.45) is 0 Å². The molecule has 2 heterocycles. The fourth-order valence-electron chi connectivity index (χ4n) is 2.48. The second-order valence-electron chi connectivity index (χ2n) is 5.78. The molecule has 3 aromatic rings. The Morgan fingerprint density at radius 3 is 2.58 bits per heavy atom. The minimum Gasteiger partial charge on any atom is -0.507 e. The molecule has 0 aliphatic heterocycles. The van der Waals surface area contributed by atoms with Crippen molar-refractivity contribution in [2.75, 3.05) is 11.9 Å². The number of phenols is 1. The molecule has 0 aliphatic rings. The van der Waals surface area contributed by atoms with Crippen molar-refractivity contribution < 1.29 is 23.4 Å². The summed E-state index contributed by atoms with van der Waals surface area (Å²) in [6, 6.07) is 4.32. The second-order valence-corrected chi connectivity index (χ2v) is 5.78. The number of rotatable bonds is 4. The van der Waals surface area contributed by atoms with Crippen LogP contribution < -0.4 is 5.32 Å². The van der Waals surface area contributed by atoms with E-state index in [2.05, 4.69) is 20.5 Å². The van der Waals surface area contributed by atoms with Crippen molar-refractivity contribution >= 4 is 16.6 Å². The Bertz CT molecular complexity index is 945. The van der Waals surface area contributed by atoms with Gasteiger partial charge in [-0.05, 0) is 31.2 Å². The fourth-order valence-corrected chi connectivity index (χ4v) is 2.48. The van der Waals surface area contributed by atoms with E-state index in [-0.39, 0.29) is 17.8 Å². The van der Waals surface area contributed by atoms with Gasteiger partial charge in [-0.1, -0.05) is 0 Å². The molecule has 0 spiro atoms. The SMILES string of the molecule is C[C@@H](O)CNc1nnc(-c2ccc(C(F)(F)F)cc2O)c2ccncc12. The van der Waals surface area contributed by atoms with E-state index in [9.17, 15) is 23.4 Å². The van der Waals surface area contributed by atoms with Gasteiger partial charge in [0, 0.05) is 35.3 Å². The second kappa shape index (κ2) is 6.75. The molecule has 1 atom stereocenters. The molecule has 0 radical (unpaired) electrons. The van der Waals surface area contributed by atoms with Gasteiger partial charge in [-0.3, -0.25) is 4.98 Å². The van der Waals surface area contributed by atoms with Gasteiger partial charge in [-0.25, -0.2) is 0 Å². The van der Waals surface area contributed by atoms with Crippen molar-refractivity contribution in [3.05, 3.63) is 42.2 Å². The molecule has 0 saturated carbocycles. The van der Waals surface area contributed by atoms with Crippen LogP contribution in [0.3, 0.4) is 0 Å². The molecule has 26 heavy (non-hydrogen) atoms. The number of alkyl halides is 3. The van der Waals surface area contributed by atoms with Crippen LogP contribution in [0.15, 0.2) is 36.7 Å². The summed E-state index contributed by atoms with van der Waals surface area (Å²) in [5.74, 6) is -0.166. The molecule has 6 nitrogen and oxygen atoms in total. The maximum atomic E-state index is 12.8. The third-order valence-electron chi connectivity index (χ3n) is 3.73. The van der Waals surface area contributed by atoms with Gasteiger partial charge in [0.25, 0.3) is 0 Å². The molecule has 136 valence electrons. The Morgan fingerprint density at radius 1 is 1.15 bits per heavy atom. The van der Waals surface area contributed by atoms with Crippen molar-refractivity contribution in [3.63, 3.8) is 0 Å². The number of halogens is 3. The minimum atomic E-state index is -4.55. The molecule has 0 aliphatic carbocycles. The van der Waals surface area contributed by atoms with Gasteiger partial charge in [0.15, 0.2) is 5.82 Å². The number of nitrogens with zero attached hydrogens (tertiary/aromatic N) is 3. The van der Waals surface area contributed by atoms with E-state index in [1.54, 1.807) is 13.0 Å². The summed E-state index contributed by atoms with van der Waals surface area (Å²) in [5, 5.41) is 31.6. The monoisotopic (exact) mass is 364 g/mol.